The Balaban J connectivity index is 2.45. The molecule has 0 atom stereocenters. The number of aromatic nitrogens is 3. The average molecular weight is 284 g/mol. The molecule has 0 amide bonds. The second-order valence-corrected chi connectivity index (χ2v) is 5.06. The van der Waals surface area contributed by atoms with E-state index >= 15 is 0 Å². The molecule has 1 heterocycles. The summed E-state index contributed by atoms with van der Waals surface area (Å²) in [5, 5.41) is 10.6. The first-order chi connectivity index (χ1) is 8.95. The second kappa shape index (κ2) is 4.86. The van der Waals surface area contributed by atoms with Crippen molar-refractivity contribution in [2.75, 3.05) is 14.2 Å². The van der Waals surface area contributed by atoms with Gasteiger partial charge in [0, 0.05) is 5.56 Å². The van der Waals surface area contributed by atoms with Crippen LogP contribution >= 0.6 is 0 Å². The van der Waals surface area contributed by atoms with E-state index in [1.165, 1.54) is 14.2 Å². The molecule has 3 N–H and O–H groups in total. The van der Waals surface area contributed by atoms with E-state index in [0.717, 1.165) is 0 Å². The number of hydrogen-bond donors (Lipinski definition) is 2. The number of primary sulfonamides is 1. The topological polar surface area (TPSA) is 120 Å². The summed E-state index contributed by atoms with van der Waals surface area (Å²) in [7, 11) is -0.891. The van der Waals surface area contributed by atoms with E-state index in [0.29, 0.717) is 17.1 Å². The molecule has 0 radical (unpaired) electrons. The van der Waals surface area contributed by atoms with Crippen molar-refractivity contribution >= 4 is 10.0 Å². The van der Waals surface area contributed by atoms with Crippen LogP contribution in [-0.4, -0.2) is 37.8 Å². The molecule has 0 aliphatic carbocycles. The monoisotopic (exact) mass is 284 g/mol. The number of nitrogens with two attached hydrogens (primary N) is 1. The van der Waals surface area contributed by atoms with Crippen molar-refractivity contribution in [3.8, 4) is 22.9 Å². The van der Waals surface area contributed by atoms with Gasteiger partial charge in [0.25, 0.3) is 15.2 Å². The fourth-order valence-electron chi connectivity index (χ4n) is 1.48. The highest BCUT2D eigenvalue weighted by atomic mass is 32.2. The highest BCUT2D eigenvalue weighted by Crippen LogP contribution is 2.30. The smallest absolute Gasteiger partial charge is 0.273 e. The Morgan fingerprint density at radius 3 is 2.42 bits per heavy atom. The van der Waals surface area contributed by atoms with Crippen molar-refractivity contribution in [1.29, 1.82) is 0 Å². The summed E-state index contributed by atoms with van der Waals surface area (Å²) in [6.45, 7) is 0. The molecule has 0 aliphatic rings. The van der Waals surface area contributed by atoms with E-state index < -0.39 is 15.2 Å². The third kappa shape index (κ3) is 2.66. The van der Waals surface area contributed by atoms with E-state index in [1.807, 2.05) is 0 Å². The molecule has 1 aromatic heterocycles. The largest absolute Gasteiger partial charge is 0.493 e. The number of benzene rings is 1. The maximum Gasteiger partial charge on any atom is 0.273 e. The highest BCUT2D eigenvalue weighted by molar-refractivity contribution is 7.89. The Labute approximate surface area is 109 Å². The van der Waals surface area contributed by atoms with Crippen molar-refractivity contribution in [3.05, 3.63) is 18.2 Å². The lowest BCUT2D eigenvalue weighted by Crippen LogP contribution is -2.13. The maximum absolute atomic E-state index is 11.1. The summed E-state index contributed by atoms with van der Waals surface area (Å²) in [6, 6.07) is 4.98. The van der Waals surface area contributed by atoms with Crippen molar-refractivity contribution in [2.24, 2.45) is 5.14 Å². The van der Waals surface area contributed by atoms with Crippen molar-refractivity contribution in [1.82, 2.24) is 15.2 Å². The van der Waals surface area contributed by atoms with Crippen LogP contribution in [0.3, 0.4) is 0 Å². The number of rotatable bonds is 4. The molecule has 0 saturated carbocycles. The normalized spacial score (nSPS) is 11.3. The minimum Gasteiger partial charge on any atom is -0.493 e. The van der Waals surface area contributed by atoms with Gasteiger partial charge in [0.15, 0.2) is 17.3 Å². The van der Waals surface area contributed by atoms with Crippen LogP contribution in [-0.2, 0) is 10.0 Å². The van der Waals surface area contributed by atoms with Gasteiger partial charge in [0.05, 0.1) is 14.2 Å². The third-order valence-corrected chi connectivity index (χ3v) is 3.10. The molecule has 2 aromatic rings. The molecule has 0 spiro atoms. The summed E-state index contributed by atoms with van der Waals surface area (Å²) in [5.74, 6) is 1.24. The van der Waals surface area contributed by atoms with Crippen molar-refractivity contribution in [2.45, 2.75) is 5.16 Å². The molecule has 19 heavy (non-hydrogen) atoms. The molecule has 2 rings (SSSR count). The summed E-state index contributed by atoms with van der Waals surface area (Å²) in [5.41, 5.74) is 0.573. The van der Waals surface area contributed by atoms with Crippen molar-refractivity contribution < 1.29 is 17.9 Å². The van der Waals surface area contributed by atoms with Gasteiger partial charge in [-0.25, -0.2) is 18.7 Å². The molecule has 0 bridgehead atoms. The van der Waals surface area contributed by atoms with E-state index in [9.17, 15) is 8.42 Å². The van der Waals surface area contributed by atoms with Gasteiger partial charge >= 0.3 is 0 Å². The van der Waals surface area contributed by atoms with Gasteiger partial charge in [-0.05, 0) is 18.2 Å². The molecule has 0 aliphatic heterocycles. The van der Waals surface area contributed by atoms with E-state index in [1.54, 1.807) is 18.2 Å². The van der Waals surface area contributed by atoms with E-state index in [4.69, 9.17) is 14.6 Å². The van der Waals surface area contributed by atoms with Crippen molar-refractivity contribution in [3.63, 3.8) is 0 Å². The summed E-state index contributed by atoms with van der Waals surface area (Å²) >= 11 is 0. The lowest BCUT2D eigenvalue weighted by atomic mass is 10.2. The first-order valence-electron chi connectivity index (χ1n) is 5.13. The van der Waals surface area contributed by atoms with Crippen LogP contribution in [0.5, 0.6) is 11.5 Å². The van der Waals surface area contributed by atoms with Gasteiger partial charge in [-0.15, -0.1) is 0 Å². The standard InChI is InChI=1S/C10H12N4O4S/c1-17-7-4-3-6(5-8(7)18-2)9-12-10(14-13-9)19(11,15)16/h3-5H,1-2H3,(H2,11,15,16)(H,12,13,14). The first kappa shape index (κ1) is 13.3. The van der Waals surface area contributed by atoms with Crippen LogP contribution in [0.2, 0.25) is 0 Å². The Kier molecular flexibility index (Phi) is 3.40. The Morgan fingerprint density at radius 2 is 1.89 bits per heavy atom. The zero-order chi connectivity index (χ0) is 14.0. The number of nitrogens with zero attached hydrogens (tertiary/aromatic N) is 2. The summed E-state index contributed by atoms with van der Waals surface area (Å²) in [6.07, 6.45) is 0. The molecule has 1 aromatic carbocycles. The van der Waals surface area contributed by atoms with Gasteiger partial charge in [0.1, 0.15) is 0 Å². The molecule has 8 nitrogen and oxygen atoms in total. The minimum absolute atomic E-state index is 0.199. The molecule has 0 unspecified atom stereocenters. The highest BCUT2D eigenvalue weighted by Gasteiger charge is 2.16. The number of hydrogen-bond acceptors (Lipinski definition) is 6. The summed E-state index contributed by atoms with van der Waals surface area (Å²) < 4.78 is 32.4. The number of H-pyrrole nitrogens is 1. The molecular weight excluding hydrogens is 272 g/mol. The molecule has 0 saturated heterocycles. The molecule has 0 fully saturated rings. The SMILES string of the molecule is COc1ccc(-c2n[nH]c(S(N)(=O)=O)n2)cc1OC. The third-order valence-electron chi connectivity index (χ3n) is 2.38. The Morgan fingerprint density at radius 1 is 1.21 bits per heavy atom. The van der Waals surface area contributed by atoms with Crippen LogP contribution in [0, 0.1) is 0 Å². The Bertz CT molecular complexity index is 695. The zero-order valence-electron chi connectivity index (χ0n) is 10.2. The number of sulfonamides is 1. The minimum atomic E-state index is -3.90. The van der Waals surface area contributed by atoms with Crippen LogP contribution in [0.25, 0.3) is 11.4 Å². The van der Waals surface area contributed by atoms with Crippen LogP contribution in [0.1, 0.15) is 0 Å². The number of nitrogens with one attached hydrogen (secondary N) is 1. The predicted octanol–water partition coefficient (Wildman–Crippen LogP) is 0.136. The number of methoxy groups -OCH3 is 2. The second-order valence-electron chi connectivity index (χ2n) is 3.58. The fraction of sp³-hybridized carbons (Fsp3) is 0.200. The van der Waals surface area contributed by atoms with Gasteiger partial charge in [-0.2, -0.15) is 10.1 Å². The Hall–Kier alpha value is -2.13. The average Bonchev–Trinajstić information content (AvgIpc) is 2.87. The number of aromatic amines is 1. The van der Waals surface area contributed by atoms with Gasteiger partial charge in [-0.1, -0.05) is 0 Å². The molecule has 102 valence electrons. The summed E-state index contributed by atoms with van der Waals surface area (Å²) in [4.78, 5) is 3.81. The zero-order valence-corrected chi connectivity index (χ0v) is 11.1. The van der Waals surface area contributed by atoms with Crippen LogP contribution in [0.4, 0.5) is 0 Å². The lowest BCUT2D eigenvalue weighted by Gasteiger charge is -2.07. The van der Waals surface area contributed by atoms with Gasteiger partial charge < -0.3 is 9.47 Å². The van der Waals surface area contributed by atoms with Gasteiger partial charge in [-0.3, -0.25) is 0 Å². The van der Waals surface area contributed by atoms with E-state index in [-0.39, 0.29) is 5.82 Å². The molecule has 9 heteroatoms. The van der Waals surface area contributed by atoms with Gasteiger partial charge in [0.2, 0.25) is 0 Å². The fourth-order valence-corrected chi connectivity index (χ4v) is 1.87. The first-order valence-corrected chi connectivity index (χ1v) is 6.68. The number of ether oxygens (including phenoxy) is 2. The van der Waals surface area contributed by atoms with E-state index in [2.05, 4.69) is 15.2 Å². The maximum atomic E-state index is 11.1. The lowest BCUT2D eigenvalue weighted by molar-refractivity contribution is 0.355. The predicted molar refractivity (Wildman–Crippen MR) is 66.3 cm³/mol. The van der Waals surface area contributed by atoms with Crippen LogP contribution in [0.15, 0.2) is 23.4 Å². The molecular formula is C10H12N4O4S. The quantitative estimate of drug-likeness (QED) is 0.823. The van der Waals surface area contributed by atoms with Crippen LogP contribution < -0.4 is 14.6 Å².